The fourth-order valence-electron chi connectivity index (χ4n) is 2.18. The van der Waals surface area contributed by atoms with E-state index in [2.05, 4.69) is 21.0 Å². The molecule has 0 bridgehead atoms. The Bertz CT molecular complexity index is 638. The highest BCUT2D eigenvalue weighted by Crippen LogP contribution is 2.42. The fourth-order valence-corrected chi connectivity index (χ4v) is 2.70. The molecule has 17 heavy (non-hydrogen) atoms. The highest BCUT2D eigenvalue weighted by molar-refractivity contribution is 9.10. The molecule has 88 valence electrons. The van der Waals surface area contributed by atoms with E-state index in [1.54, 1.807) is 0 Å². The zero-order chi connectivity index (χ0) is 12.2. The molecule has 0 spiro atoms. The van der Waals surface area contributed by atoms with Crippen LogP contribution in [0, 0.1) is 5.82 Å². The van der Waals surface area contributed by atoms with Gasteiger partial charge in [-0.25, -0.2) is 9.07 Å². The Kier molecular flexibility index (Phi) is 2.22. The molecule has 1 aliphatic heterocycles. The van der Waals surface area contributed by atoms with Gasteiger partial charge in [0.15, 0.2) is 5.82 Å². The molecule has 2 heterocycles. The first-order valence-corrected chi connectivity index (χ1v) is 5.91. The monoisotopic (exact) mass is 298 g/mol. The molecule has 1 aliphatic rings. The minimum Gasteiger partial charge on any atom is -0.491 e. The lowest BCUT2D eigenvalue weighted by atomic mass is 10.0. The van der Waals surface area contributed by atoms with E-state index in [-0.39, 0.29) is 11.4 Å². The summed E-state index contributed by atoms with van der Waals surface area (Å²) in [4.78, 5) is 11.0. The maximum Gasteiger partial charge on any atom is 0.234 e. The van der Waals surface area contributed by atoms with Crippen LogP contribution in [0.4, 0.5) is 4.39 Å². The highest BCUT2D eigenvalue weighted by Gasteiger charge is 2.29. The second kappa shape index (κ2) is 3.53. The number of rotatable bonds is 1. The smallest absolute Gasteiger partial charge is 0.234 e. The molecule has 0 saturated carbocycles. The Morgan fingerprint density at radius 1 is 1.71 bits per heavy atom. The molecule has 1 aromatic carbocycles. The molecule has 1 aromatic heterocycles. The lowest BCUT2D eigenvalue weighted by molar-refractivity contribution is 0.284. The Labute approximate surface area is 104 Å². The van der Waals surface area contributed by atoms with E-state index < -0.39 is 5.82 Å². The van der Waals surface area contributed by atoms with Crippen molar-refractivity contribution in [1.29, 1.82) is 0 Å². The number of carbonyl (C=O) groups excluding carboxylic acids is 1. The van der Waals surface area contributed by atoms with Gasteiger partial charge in [-0.2, -0.15) is 5.10 Å². The SMILES string of the molecule is CC1COc2c(Br)cc(F)c3nn(C=O)c1c23. The molecule has 2 aromatic rings. The molecule has 0 amide bonds. The average molecular weight is 299 g/mol. The largest absolute Gasteiger partial charge is 0.491 e. The number of halogens is 2. The van der Waals surface area contributed by atoms with Crippen molar-refractivity contribution in [3.05, 3.63) is 22.1 Å². The summed E-state index contributed by atoms with van der Waals surface area (Å²) in [5.41, 5.74) is 0.883. The molecule has 6 heteroatoms. The summed E-state index contributed by atoms with van der Waals surface area (Å²) in [6.07, 6.45) is 0.592. The molecule has 3 rings (SSSR count). The molecule has 0 radical (unpaired) electrons. The summed E-state index contributed by atoms with van der Waals surface area (Å²) in [6, 6.07) is 1.31. The van der Waals surface area contributed by atoms with Gasteiger partial charge in [0.1, 0.15) is 11.3 Å². The molecular weight excluding hydrogens is 291 g/mol. The predicted octanol–water partition coefficient (Wildman–Crippen LogP) is 2.47. The lowest BCUT2D eigenvalue weighted by Gasteiger charge is -2.21. The predicted molar refractivity (Wildman–Crippen MR) is 63.4 cm³/mol. The molecule has 0 aliphatic carbocycles. The van der Waals surface area contributed by atoms with Gasteiger partial charge in [-0.1, -0.05) is 6.92 Å². The summed E-state index contributed by atoms with van der Waals surface area (Å²) in [5, 5.41) is 4.55. The average Bonchev–Trinajstić information content (AvgIpc) is 2.69. The van der Waals surface area contributed by atoms with Gasteiger partial charge in [-0.3, -0.25) is 4.79 Å². The molecular formula is C11H8BrFN2O2. The van der Waals surface area contributed by atoms with E-state index in [1.165, 1.54) is 10.7 Å². The zero-order valence-electron chi connectivity index (χ0n) is 8.91. The van der Waals surface area contributed by atoms with Crippen molar-refractivity contribution in [2.45, 2.75) is 12.8 Å². The first kappa shape index (κ1) is 10.7. The van der Waals surface area contributed by atoms with Gasteiger partial charge in [0, 0.05) is 5.92 Å². The molecule has 1 atom stereocenters. The molecule has 0 N–H and O–H groups in total. The molecule has 0 fully saturated rings. The third-order valence-corrected chi connectivity index (χ3v) is 3.50. The van der Waals surface area contributed by atoms with Crippen molar-refractivity contribution >= 4 is 33.2 Å². The van der Waals surface area contributed by atoms with Crippen molar-refractivity contribution in [3.8, 4) is 5.75 Å². The van der Waals surface area contributed by atoms with Gasteiger partial charge >= 0.3 is 0 Å². The third-order valence-electron chi connectivity index (χ3n) is 2.92. The van der Waals surface area contributed by atoms with Gasteiger partial charge in [-0.15, -0.1) is 0 Å². The third kappa shape index (κ3) is 1.33. The van der Waals surface area contributed by atoms with E-state index >= 15 is 0 Å². The van der Waals surface area contributed by atoms with Crippen LogP contribution in [0.2, 0.25) is 0 Å². The van der Waals surface area contributed by atoms with Crippen LogP contribution in [0.3, 0.4) is 0 Å². The first-order valence-electron chi connectivity index (χ1n) is 5.11. The number of hydrogen-bond donors (Lipinski definition) is 0. The van der Waals surface area contributed by atoms with Gasteiger partial charge in [-0.05, 0) is 22.0 Å². The maximum atomic E-state index is 13.8. The number of aromatic nitrogens is 2. The Morgan fingerprint density at radius 2 is 2.47 bits per heavy atom. The summed E-state index contributed by atoms with van der Waals surface area (Å²) >= 11 is 3.26. The van der Waals surface area contributed by atoms with E-state index in [0.717, 1.165) is 0 Å². The van der Waals surface area contributed by atoms with Crippen LogP contribution in [0.15, 0.2) is 10.5 Å². The normalized spacial score (nSPS) is 18.2. The number of hydrogen-bond acceptors (Lipinski definition) is 3. The lowest BCUT2D eigenvalue weighted by Crippen LogP contribution is -2.17. The van der Waals surface area contributed by atoms with Crippen molar-refractivity contribution in [1.82, 2.24) is 9.78 Å². The van der Waals surface area contributed by atoms with Crippen molar-refractivity contribution in [2.24, 2.45) is 0 Å². The molecule has 1 unspecified atom stereocenters. The minimum atomic E-state index is -0.463. The Balaban J connectivity index is 2.52. The number of benzene rings is 1. The summed E-state index contributed by atoms with van der Waals surface area (Å²) in [5.74, 6) is 0.101. The van der Waals surface area contributed by atoms with Crippen LogP contribution in [0.25, 0.3) is 10.9 Å². The van der Waals surface area contributed by atoms with Crippen molar-refractivity contribution in [2.75, 3.05) is 6.61 Å². The topological polar surface area (TPSA) is 44.1 Å². The van der Waals surface area contributed by atoms with E-state index in [4.69, 9.17) is 4.74 Å². The Morgan fingerprint density at radius 3 is 3.18 bits per heavy atom. The van der Waals surface area contributed by atoms with Crippen LogP contribution in [0.5, 0.6) is 5.75 Å². The summed E-state index contributed by atoms with van der Waals surface area (Å²) < 4.78 is 21.1. The first-order chi connectivity index (χ1) is 8.13. The molecule has 4 nitrogen and oxygen atoms in total. The molecule has 0 saturated heterocycles. The van der Waals surface area contributed by atoms with Gasteiger partial charge in [0.2, 0.25) is 6.41 Å². The fraction of sp³-hybridized carbons (Fsp3) is 0.273. The van der Waals surface area contributed by atoms with Crippen LogP contribution < -0.4 is 4.74 Å². The van der Waals surface area contributed by atoms with Gasteiger partial charge in [0.05, 0.1) is 22.2 Å². The summed E-state index contributed by atoms with van der Waals surface area (Å²) in [6.45, 7) is 2.37. The van der Waals surface area contributed by atoms with Crippen LogP contribution in [0.1, 0.15) is 18.5 Å². The number of ether oxygens (including phenoxy) is 1. The second-order valence-electron chi connectivity index (χ2n) is 4.04. The standard InChI is InChI=1S/C11H8BrFN2O2/c1-5-3-17-11-6(12)2-7(13)9-8(11)10(5)15(4-16)14-9/h2,4-5H,3H2,1H3. The maximum absolute atomic E-state index is 13.8. The zero-order valence-corrected chi connectivity index (χ0v) is 10.5. The van der Waals surface area contributed by atoms with E-state index in [0.29, 0.717) is 34.3 Å². The second-order valence-corrected chi connectivity index (χ2v) is 4.89. The van der Waals surface area contributed by atoms with Crippen LogP contribution in [-0.4, -0.2) is 22.8 Å². The quantitative estimate of drug-likeness (QED) is 0.760. The van der Waals surface area contributed by atoms with Crippen molar-refractivity contribution in [3.63, 3.8) is 0 Å². The van der Waals surface area contributed by atoms with Gasteiger partial charge in [0.25, 0.3) is 0 Å². The number of nitrogens with zero attached hydrogens (tertiary/aromatic N) is 2. The summed E-state index contributed by atoms with van der Waals surface area (Å²) in [7, 11) is 0. The van der Waals surface area contributed by atoms with E-state index in [1.807, 2.05) is 6.92 Å². The minimum absolute atomic E-state index is 0.00593. The Hall–Kier alpha value is -1.43. The van der Waals surface area contributed by atoms with Crippen LogP contribution >= 0.6 is 15.9 Å². The van der Waals surface area contributed by atoms with Gasteiger partial charge < -0.3 is 4.74 Å². The highest BCUT2D eigenvalue weighted by atomic mass is 79.9. The van der Waals surface area contributed by atoms with Crippen molar-refractivity contribution < 1.29 is 13.9 Å². The number of carbonyl (C=O) groups is 1. The van der Waals surface area contributed by atoms with E-state index in [9.17, 15) is 9.18 Å². The van der Waals surface area contributed by atoms with Crippen LogP contribution in [-0.2, 0) is 4.79 Å².